The zero-order valence-electron chi connectivity index (χ0n) is 14.5. The van der Waals surface area contributed by atoms with Gasteiger partial charge in [0.1, 0.15) is 0 Å². The minimum Gasteiger partial charge on any atom is -0.466 e. The third kappa shape index (κ3) is 15.3. The largest absolute Gasteiger partial charge is 0.466 e. The first-order valence-electron chi connectivity index (χ1n) is 9.02. The lowest BCUT2D eigenvalue weighted by atomic mass is 10.1. The van der Waals surface area contributed by atoms with Gasteiger partial charge in [-0.2, -0.15) is 0 Å². The molecule has 0 aromatic heterocycles. The molecule has 0 unspecified atom stereocenters. The number of hydrogen-bond acceptors (Lipinski definition) is 4. The van der Waals surface area contributed by atoms with Gasteiger partial charge in [-0.15, -0.1) is 0 Å². The van der Waals surface area contributed by atoms with Gasteiger partial charge in [-0.25, -0.2) is 0 Å². The third-order valence-electron chi connectivity index (χ3n) is 3.58. The number of hydrogen-bond donors (Lipinski definition) is 0. The Hall–Kier alpha value is -1.06. The van der Waals surface area contributed by atoms with Crippen molar-refractivity contribution in [3.63, 3.8) is 0 Å². The van der Waals surface area contributed by atoms with Crippen LogP contribution in [0.15, 0.2) is 0 Å². The summed E-state index contributed by atoms with van der Waals surface area (Å²) in [5.74, 6) is -0.258. The Morgan fingerprint density at radius 1 is 0.636 bits per heavy atom. The van der Waals surface area contributed by atoms with E-state index >= 15 is 0 Å². The molecule has 0 atom stereocenters. The highest BCUT2D eigenvalue weighted by atomic mass is 16.5. The van der Waals surface area contributed by atoms with Crippen molar-refractivity contribution in [3.05, 3.63) is 0 Å². The van der Waals surface area contributed by atoms with Crippen LogP contribution in [-0.2, 0) is 19.1 Å². The van der Waals surface area contributed by atoms with Crippen LogP contribution in [0.2, 0.25) is 0 Å². The van der Waals surface area contributed by atoms with Crippen LogP contribution in [-0.4, -0.2) is 25.2 Å². The molecule has 130 valence electrons. The molecular weight excluding hydrogens is 280 g/mol. The molecule has 0 fully saturated rings. The van der Waals surface area contributed by atoms with Crippen molar-refractivity contribution >= 4 is 11.9 Å². The van der Waals surface area contributed by atoms with Crippen molar-refractivity contribution in [3.8, 4) is 0 Å². The van der Waals surface area contributed by atoms with Crippen molar-refractivity contribution in [1.29, 1.82) is 0 Å². The summed E-state index contributed by atoms with van der Waals surface area (Å²) in [6.07, 6.45) is 11.9. The summed E-state index contributed by atoms with van der Waals surface area (Å²) in [5.41, 5.74) is 0. The summed E-state index contributed by atoms with van der Waals surface area (Å²) >= 11 is 0. The number of esters is 2. The summed E-state index contributed by atoms with van der Waals surface area (Å²) in [4.78, 5) is 22.6. The summed E-state index contributed by atoms with van der Waals surface area (Å²) in [6, 6.07) is 0. The van der Waals surface area contributed by atoms with Gasteiger partial charge in [0, 0.05) is 12.8 Å². The van der Waals surface area contributed by atoms with Crippen molar-refractivity contribution in [2.24, 2.45) is 0 Å². The monoisotopic (exact) mass is 314 g/mol. The molecule has 0 aliphatic heterocycles. The van der Waals surface area contributed by atoms with Crippen LogP contribution < -0.4 is 0 Å². The highest BCUT2D eigenvalue weighted by Crippen LogP contribution is 2.08. The second-order valence-corrected chi connectivity index (χ2v) is 5.71. The molecule has 0 aromatic carbocycles. The van der Waals surface area contributed by atoms with Crippen molar-refractivity contribution < 1.29 is 19.1 Å². The van der Waals surface area contributed by atoms with Crippen LogP contribution in [0.4, 0.5) is 0 Å². The molecule has 4 nitrogen and oxygen atoms in total. The fraction of sp³-hybridized carbons (Fsp3) is 0.889. The first-order valence-corrected chi connectivity index (χ1v) is 9.02. The molecule has 0 saturated heterocycles. The Balaban J connectivity index is 3.24. The van der Waals surface area contributed by atoms with Gasteiger partial charge in [0.05, 0.1) is 13.2 Å². The van der Waals surface area contributed by atoms with Gasteiger partial charge in [-0.05, 0) is 26.2 Å². The summed E-state index contributed by atoms with van der Waals surface area (Å²) in [5, 5.41) is 0. The highest BCUT2D eigenvalue weighted by Gasteiger charge is 2.04. The smallest absolute Gasteiger partial charge is 0.305 e. The maximum absolute atomic E-state index is 11.5. The van der Waals surface area contributed by atoms with Crippen molar-refractivity contribution in [2.45, 2.75) is 90.9 Å². The zero-order valence-corrected chi connectivity index (χ0v) is 14.5. The molecule has 0 aromatic rings. The van der Waals surface area contributed by atoms with Crippen LogP contribution >= 0.6 is 0 Å². The molecule has 22 heavy (non-hydrogen) atoms. The van der Waals surface area contributed by atoms with E-state index in [1.54, 1.807) is 6.92 Å². The highest BCUT2D eigenvalue weighted by molar-refractivity contribution is 5.69. The van der Waals surface area contributed by atoms with Gasteiger partial charge in [0.15, 0.2) is 0 Å². The Bertz CT molecular complexity index is 276. The predicted molar refractivity (Wildman–Crippen MR) is 88.7 cm³/mol. The van der Waals surface area contributed by atoms with Gasteiger partial charge < -0.3 is 9.47 Å². The van der Waals surface area contributed by atoms with Gasteiger partial charge in [0.25, 0.3) is 0 Å². The van der Waals surface area contributed by atoms with Gasteiger partial charge in [-0.1, -0.05) is 51.9 Å². The molecule has 0 aliphatic carbocycles. The number of rotatable bonds is 15. The second kappa shape index (κ2) is 16.3. The van der Waals surface area contributed by atoms with E-state index in [1.807, 2.05) is 0 Å². The summed E-state index contributed by atoms with van der Waals surface area (Å²) < 4.78 is 10.1. The Kier molecular flexibility index (Phi) is 15.5. The third-order valence-corrected chi connectivity index (χ3v) is 3.58. The predicted octanol–water partition coefficient (Wildman–Crippen LogP) is 4.79. The SMILES string of the molecule is CCCCCCCCCOC(=O)CCCCCC(=O)OCC. The van der Waals surface area contributed by atoms with Crippen LogP contribution in [0.5, 0.6) is 0 Å². The molecule has 4 heteroatoms. The molecule has 0 saturated carbocycles. The first kappa shape index (κ1) is 20.9. The zero-order chi connectivity index (χ0) is 16.5. The summed E-state index contributed by atoms with van der Waals surface area (Å²) in [7, 11) is 0. The maximum Gasteiger partial charge on any atom is 0.305 e. The minimum absolute atomic E-state index is 0.109. The first-order chi connectivity index (χ1) is 10.7. The van der Waals surface area contributed by atoms with E-state index in [9.17, 15) is 9.59 Å². The number of carbonyl (C=O) groups excluding carboxylic acids is 2. The number of unbranched alkanes of at least 4 members (excludes halogenated alkanes) is 8. The molecule has 0 N–H and O–H groups in total. The second-order valence-electron chi connectivity index (χ2n) is 5.71. The fourth-order valence-corrected chi connectivity index (χ4v) is 2.27. The lowest BCUT2D eigenvalue weighted by Gasteiger charge is -2.05. The van der Waals surface area contributed by atoms with E-state index in [0.717, 1.165) is 32.1 Å². The molecule has 0 aliphatic rings. The number of ether oxygens (including phenoxy) is 2. The summed E-state index contributed by atoms with van der Waals surface area (Å²) in [6.45, 7) is 5.01. The van der Waals surface area contributed by atoms with E-state index in [1.165, 1.54) is 32.1 Å². The van der Waals surface area contributed by atoms with E-state index in [4.69, 9.17) is 9.47 Å². The van der Waals surface area contributed by atoms with Crippen LogP contribution in [0.1, 0.15) is 90.9 Å². The van der Waals surface area contributed by atoms with Gasteiger partial charge in [0.2, 0.25) is 0 Å². The molecule has 0 radical (unpaired) electrons. The maximum atomic E-state index is 11.5. The quantitative estimate of drug-likeness (QED) is 0.322. The van der Waals surface area contributed by atoms with Gasteiger partial charge in [-0.3, -0.25) is 9.59 Å². The average Bonchev–Trinajstić information content (AvgIpc) is 2.50. The van der Waals surface area contributed by atoms with E-state index < -0.39 is 0 Å². The normalized spacial score (nSPS) is 10.5. The van der Waals surface area contributed by atoms with E-state index in [-0.39, 0.29) is 11.9 Å². The van der Waals surface area contributed by atoms with Gasteiger partial charge >= 0.3 is 11.9 Å². The Morgan fingerprint density at radius 2 is 1.14 bits per heavy atom. The van der Waals surface area contributed by atoms with Crippen molar-refractivity contribution in [1.82, 2.24) is 0 Å². The molecule has 0 spiro atoms. The topological polar surface area (TPSA) is 52.6 Å². The van der Waals surface area contributed by atoms with Crippen LogP contribution in [0.25, 0.3) is 0 Å². The number of carbonyl (C=O) groups is 2. The molecule has 0 amide bonds. The molecular formula is C18H34O4. The lowest BCUT2D eigenvalue weighted by molar-refractivity contribution is -0.144. The Morgan fingerprint density at radius 3 is 1.73 bits per heavy atom. The van der Waals surface area contributed by atoms with Crippen LogP contribution in [0, 0.1) is 0 Å². The van der Waals surface area contributed by atoms with E-state index in [2.05, 4.69) is 6.92 Å². The molecule has 0 rings (SSSR count). The Labute approximate surface area is 135 Å². The van der Waals surface area contributed by atoms with E-state index in [0.29, 0.717) is 26.1 Å². The lowest BCUT2D eigenvalue weighted by Crippen LogP contribution is -2.06. The molecule has 0 heterocycles. The van der Waals surface area contributed by atoms with Crippen molar-refractivity contribution in [2.75, 3.05) is 13.2 Å². The molecule has 0 bridgehead atoms. The minimum atomic E-state index is -0.149. The average molecular weight is 314 g/mol. The standard InChI is InChI=1S/C18H34O4/c1-3-5-6-7-8-9-13-16-22-18(20)15-12-10-11-14-17(19)21-4-2/h3-16H2,1-2H3. The fourth-order valence-electron chi connectivity index (χ4n) is 2.27. The van der Waals surface area contributed by atoms with Crippen LogP contribution in [0.3, 0.4) is 0 Å².